The Kier molecular flexibility index (Phi) is 3.75. The van der Waals surface area contributed by atoms with Gasteiger partial charge in [-0.25, -0.2) is 0 Å². The van der Waals surface area contributed by atoms with Crippen LogP contribution < -0.4 is 0 Å². The number of nitrogens with zero attached hydrogens (tertiary/aromatic N) is 1. The Morgan fingerprint density at radius 3 is 2.88 bits per heavy atom. The molecule has 3 nitrogen and oxygen atoms in total. The van der Waals surface area contributed by atoms with Gasteiger partial charge in [0.15, 0.2) is 5.78 Å². The smallest absolute Gasteiger partial charge is 0.193 e. The topological polar surface area (TPSA) is 36.1 Å². The number of rotatable bonds is 3. The van der Waals surface area contributed by atoms with Crippen LogP contribution in [0, 0.1) is 0 Å². The monoisotopic (exact) mass is 344 g/mol. The van der Waals surface area contributed by atoms with Crippen LogP contribution in [-0.4, -0.2) is 34.8 Å². The Morgan fingerprint density at radius 1 is 1.12 bits per heavy atom. The summed E-state index contributed by atoms with van der Waals surface area (Å²) >= 11 is 0. The number of nitrogens with one attached hydrogen (secondary N) is 1. The average molecular weight is 344 g/mol. The quantitative estimate of drug-likeness (QED) is 0.686. The lowest BCUT2D eigenvalue weighted by atomic mass is 9.93. The summed E-state index contributed by atoms with van der Waals surface area (Å²) in [6.07, 6.45) is 8.21. The lowest BCUT2D eigenvalue weighted by molar-refractivity contribution is 0.103. The highest BCUT2D eigenvalue weighted by Crippen LogP contribution is 2.35. The Bertz CT molecular complexity index is 1010. The number of hydrogen-bond acceptors (Lipinski definition) is 2. The predicted octanol–water partition coefficient (Wildman–Crippen LogP) is 4.90. The van der Waals surface area contributed by atoms with E-state index in [0.717, 1.165) is 35.0 Å². The summed E-state index contributed by atoms with van der Waals surface area (Å²) < 4.78 is 0. The largest absolute Gasteiger partial charge is 0.361 e. The first-order chi connectivity index (χ1) is 12.8. The van der Waals surface area contributed by atoms with Gasteiger partial charge in [-0.05, 0) is 49.6 Å². The fourth-order valence-electron chi connectivity index (χ4n) is 4.43. The van der Waals surface area contributed by atoms with Crippen LogP contribution in [0.3, 0.4) is 0 Å². The second kappa shape index (κ2) is 6.26. The fourth-order valence-corrected chi connectivity index (χ4v) is 4.43. The van der Waals surface area contributed by atoms with Gasteiger partial charge in [0.1, 0.15) is 0 Å². The van der Waals surface area contributed by atoms with E-state index in [2.05, 4.69) is 28.2 Å². The zero-order valence-corrected chi connectivity index (χ0v) is 14.7. The molecule has 3 heteroatoms. The molecule has 0 radical (unpaired) electrons. The number of aromatic amines is 1. The summed E-state index contributed by atoms with van der Waals surface area (Å²) in [5, 5.41) is 1.16. The summed E-state index contributed by atoms with van der Waals surface area (Å²) in [4.78, 5) is 18.8. The molecular weight excluding hydrogens is 320 g/mol. The second-order valence-electron chi connectivity index (χ2n) is 7.38. The molecule has 1 saturated heterocycles. The van der Waals surface area contributed by atoms with Crippen molar-refractivity contribution in [2.24, 2.45) is 0 Å². The van der Waals surface area contributed by atoms with Crippen LogP contribution >= 0.6 is 0 Å². The van der Waals surface area contributed by atoms with Gasteiger partial charge in [-0.2, -0.15) is 0 Å². The fraction of sp³-hybridized carbons (Fsp3) is 0.261. The van der Waals surface area contributed by atoms with Crippen LogP contribution in [0.2, 0.25) is 0 Å². The van der Waals surface area contributed by atoms with Crippen LogP contribution in [0.25, 0.3) is 16.5 Å². The van der Waals surface area contributed by atoms with Gasteiger partial charge in [-0.1, -0.05) is 36.4 Å². The highest BCUT2D eigenvalue weighted by molar-refractivity contribution is 6.11. The number of aromatic nitrogens is 1. The standard InChI is InChI=1S/C23H22N2O.H2/c26-23(16-5-2-1-3-6-16)18-8-9-22-20(14-18)21(15-24-22)17-10-12-25-11-4-7-19(25)13-17;/h1-3,5-6,8-10,14-15,19,24H,4,7,11-13H2;1H. The van der Waals surface area contributed by atoms with E-state index in [0.29, 0.717) is 6.04 Å². The number of hydrogen-bond donors (Lipinski definition) is 1. The van der Waals surface area contributed by atoms with Crippen LogP contribution in [0.4, 0.5) is 0 Å². The summed E-state index contributed by atoms with van der Waals surface area (Å²) in [6, 6.07) is 16.2. The highest BCUT2D eigenvalue weighted by atomic mass is 16.1. The maximum atomic E-state index is 12.8. The Labute approximate surface area is 154 Å². The highest BCUT2D eigenvalue weighted by Gasteiger charge is 2.28. The molecule has 0 saturated carbocycles. The first-order valence-electron chi connectivity index (χ1n) is 9.44. The van der Waals surface area contributed by atoms with Crippen molar-refractivity contribution in [3.63, 3.8) is 0 Å². The predicted molar refractivity (Wildman–Crippen MR) is 107 cm³/mol. The third-order valence-corrected chi connectivity index (χ3v) is 5.85. The normalized spacial score (nSPS) is 20.2. The van der Waals surface area contributed by atoms with Gasteiger partial charge in [-0.15, -0.1) is 0 Å². The van der Waals surface area contributed by atoms with E-state index in [1.165, 1.54) is 30.5 Å². The maximum Gasteiger partial charge on any atom is 0.193 e. The van der Waals surface area contributed by atoms with Gasteiger partial charge >= 0.3 is 0 Å². The third-order valence-electron chi connectivity index (χ3n) is 5.85. The van der Waals surface area contributed by atoms with Gasteiger partial charge in [0.25, 0.3) is 0 Å². The van der Waals surface area contributed by atoms with E-state index in [1.54, 1.807) is 0 Å². The number of ketones is 1. The zero-order chi connectivity index (χ0) is 17.5. The minimum absolute atomic E-state index is 0. The second-order valence-corrected chi connectivity index (χ2v) is 7.38. The van der Waals surface area contributed by atoms with Gasteiger partial charge in [0.05, 0.1) is 0 Å². The molecule has 26 heavy (non-hydrogen) atoms. The van der Waals surface area contributed by atoms with E-state index in [-0.39, 0.29) is 7.21 Å². The Morgan fingerprint density at radius 2 is 2.00 bits per heavy atom. The molecule has 0 aliphatic carbocycles. The molecule has 1 unspecified atom stereocenters. The number of benzene rings is 2. The van der Waals surface area contributed by atoms with Crippen LogP contribution in [0.5, 0.6) is 0 Å². The maximum absolute atomic E-state index is 12.8. The minimum atomic E-state index is 0. The van der Waals surface area contributed by atoms with Gasteiger partial charge in [0.2, 0.25) is 0 Å². The summed E-state index contributed by atoms with van der Waals surface area (Å²) in [5.74, 6) is 0.0826. The van der Waals surface area contributed by atoms with E-state index in [9.17, 15) is 4.79 Å². The van der Waals surface area contributed by atoms with Crippen molar-refractivity contribution in [3.05, 3.63) is 77.5 Å². The van der Waals surface area contributed by atoms with Crippen LogP contribution in [-0.2, 0) is 0 Å². The molecule has 5 rings (SSSR count). The summed E-state index contributed by atoms with van der Waals surface area (Å²) in [7, 11) is 0. The molecule has 2 aromatic carbocycles. The molecule has 1 aromatic heterocycles. The lowest BCUT2D eigenvalue weighted by Crippen LogP contribution is -2.32. The SMILES string of the molecule is O=C(c1ccccc1)c1ccc2[nH]cc(C3=CCN4CCCC4C3)c2c1.[HH]. The zero-order valence-electron chi connectivity index (χ0n) is 14.7. The van der Waals surface area contributed by atoms with Gasteiger partial charge in [0, 0.05) is 47.8 Å². The first kappa shape index (κ1) is 15.6. The Balaban J connectivity index is 0.00000180. The molecule has 1 atom stereocenters. The van der Waals surface area contributed by atoms with Crippen molar-refractivity contribution in [1.82, 2.24) is 9.88 Å². The average Bonchev–Trinajstić information content (AvgIpc) is 3.33. The van der Waals surface area contributed by atoms with Crippen molar-refractivity contribution in [1.29, 1.82) is 0 Å². The van der Waals surface area contributed by atoms with Crippen molar-refractivity contribution in [2.75, 3.05) is 13.1 Å². The molecule has 3 aromatic rings. The minimum Gasteiger partial charge on any atom is -0.361 e. The number of carbonyl (C=O) groups is 1. The molecule has 1 fully saturated rings. The summed E-state index contributed by atoms with van der Waals surface area (Å²) in [6.45, 7) is 2.29. The van der Waals surface area contributed by atoms with E-state index < -0.39 is 0 Å². The van der Waals surface area contributed by atoms with Crippen molar-refractivity contribution in [2.45, 2.75) is 25.3 Å². The van der Waals surface area contributed by atoms with Gasteiger partial charge in [-0.3, -0.25) is 9.69 Å². The lowest BCUT2D eigenvalue weighted by Gasteiger charge is -2.29. The molecule has 3 heterocycles. The first-order valence-corrected chi connectivity index (χ1v) is 9.44. The van der Waals surface area contributed by atoms with Crippen LogP contribution in [0.1, 0.15) is 42.2 Å². The van der Waals surface area contributed by atoms with Crippen LogP contribution in [0.15, 0.2) is 60.8 Å². The molecule has 0 spiro atoms. The number of H-pyrrole nitrogens is 1. The molecule has 2 aliphatic rings. The molecule has 132 valence electrons. The number of carbonyl (C=O) groups excluding carboxylic acids is 1. The van der Waals surface area contributed by atoms with E-state index in [4.69, 9.17) is 0 Å². The molecule has 1 N–H and O–H groups in total. The van der Waals surface area contributed by atoms with E-state index in [1.807, 2.05) is 42.5 Å². The molecular formula is C23H24N2O. The van der Waals surface area contributed by atoms with Crippen molar-refractivity contribution in [3.8, 4) is 0 Å². The third kappa shape index (κ3) is 2.60. The number of fused-ring (bicyclic) bond motifs is 2. The van der Waals surface area contributed by atoms with Gasteiger partial charge < -0.3 is 4.98 Å². The molecule has 2 aliphatic heterocycles. The molecule has 0 bridgehead atoms. The Hall–Kier alpha value is -2.65. The van der Waals surface area contributed by atoms with Crippen molar-refractivity contribution >= 4 is 22.3 Å². The molecule has 0 amide bonds. The van der Waals surface area contributed by atoms with Crippen molar-refractivity contribution < 1.29 is 6.22 Å². The summed E-state index contributed by atoms with van der Waals surface area (Å²) in [5.41, 5.74) is 5.27. The van der Waals surface area contributed by atoms with E-state index >= 15 is 0 Å².